The van der Waals surface area contributed by atoms with Gasteiger partial charge in [-0.15, -0.1) is 0 Å². The van der Waals surface area contributed by atoms with Crippen molar-refractivity contribution in [3.05, 3.63) is 46.6 Å². The minimum atomic E-state index is 0.234. The van der Waals surface area contributed by atoms with Crippen LogP contribution in [0.2, 0.25) is 5.02 Å². The molecule has 0 aliphatic heterocycles. The van der Waals surface area contributed by atoms with E-state index in [9.17, 15) is 0 Å². The largest absolute Gasteiger partial charge is 0.339 e. The van der Waals surface area contributed by atoms with Gasteiger partial charge in [0.05, 0.1) is 5.92 Å². The molecule has 0 saturated carbocycles. The van der Waals surface area contributed by atoms with Crippen molar-refractivity contribution in [3.63, 3.8) is 0 Å². The van der Waals surface area contributed by atoms with Crippen molar-refractivity contribution in [2.45, 2.75) is 45.6 Å². The molecule has 0 radical (unpaired) electrons. The molecule has 2 aromatic rings. The van der Waals surface area contributed by atoms with E-state index in [1.807, 2.05) is 24.3 Å². The molecule has 2 atom stereocenters. The van der Waals surface area contributed by atoms with Crippen LogP contribution in [0.15, 0.2) is 28.8 Å². The molecule has 1 N–H and O–H groups in total. The van der Waals surface area contributed by atoms with Gasteiger partial charge in [0.2, 0.25) is 5.89 Å². The number of hydrogen-bond acceptors (Lipinski definition) is 4. The van der Waals surface area contributed by atoms with E-state index in [0.29, 0.717) is 24.2 Å². The van der Waals surface area contributed by atoms with Crippen LogP contribution in [0.25, 0.3) is 0 Å². The van der Waals surface area contributed by atoms with Crippen LogP contribution in [0.5, 0.6) is 0 Å². The molecule has 0 spiro atoms. The summed E-state index contributed by atoms with van der Waals surface area (Å²) >= 11 is 6.17. The van der Waals surface area contributed by atoms with Crippen molar-refractivity contribution in [1.29, 1.82) is 0 Å². The van der Waals surface area contributed by atoms with Gasteiger partial charge in [-0.2, -0.15) is 4.98 Å². The van der Waals surface area contributed by atoms with Crippen molar-refractivity contribution in [1.82, 2.24) is 15.5 Å². The molecule has 0 fully saturated rings. The van der Waals surface area contributed by atoms with Crippen LogP contribution < -0.4 is 5.32 Å². The second-order valence-corrected chi connectivity index (χ2v) is 5.59. The molecule has 0 aliphatic carbocycles. The zero-order chi connectivity index (χ0) is 15.2. The Morgan fingerprint density at radius 1 is 1.29 bits per heavy atom. The SMILES string of the molecule is CCNC(C)C(CC)c1nc(Cc2ccccc2Cl)no1. The molecule has 4 nitrogen and oxygen atoms in total. The minimum Gasteiger partial charge on any atom is -0.339 e. The second-order valence-electron chi connectivity index (χ2n) is 5.18. The van der Waals surface area contributed by atoms with Gasteiger partial charge in [0.25, 0.3) is 0 Å². The highest BCUT2D eigenvalue weighted by molar-refractivity contribution is 6.31. The lowest BCUT2D eigenvalue weighted by Crippen LogP contribution is -2.31. The number of halogens is 1. The number of likely N-dealkylation sites (N-methyl/N-ethyl adjacent to an activating group) is 1. The van der Waals surface area contributed by atoms with Gasteiger partial charge in [-0.25, -0.2) is 0 Å². The molecule has 0 aliphatic rings. The Morgan fingerprint density at radius 2 is 2.05 bits per heavy atom. The lowest BCUT2D eigenvalue weighted by Gasteiger charge is -2.19. The lowest BCUT2D eigenvalue weighted by atomic mass is 9.98. The summed E-state index contributed by atoms with van der Waals surface area (Å²) in [5, 5.41) is 8.24. The van der Waals surface area contributed by atoms with Crippen molar-refractivity contribution < 1.29 is 4.52 Å². The zero-order valence-corrected chi connectivity index (χ0v) is 13.5. The molecule has 5 heteroatoms. The van der Waals surface area contributed by atoms with Gasteiger partial charge in [0, 0.05) is 17.5 Å². The van der Waals surface area contributed by atoms with E-state index in [-0.39, 0.29) is 5.92 Å². The maximum Gasteiger partial charge on any atom is 0.231 e. The number of hydrogen-bond donors (Lipinski definition) is 1. The summed E-state index contributed by atoms with van der Waals surface area (Å²) in [6.45, 7) is 7.31. The van der Waals surface area contributed by atoms with Crippen LogP contribution in [0.4, 0.5) is 0 Å². The second kappa shape index (κ2) is 7.57. The smallest absolute Gasteiger partial charge is 0.231 e. The van der Waals surface area contributed by atoms with Gasteiger partial charge < -0.3 is 9.84 Å². The molecule has 114 valence electrons. The molecule has 1 aromatic heterocycles. The molecule has 21 heavy (non-hydrogen) atoms. The Balaban J connectivity index is 2.12. The molecule has 0 bridgehead atoms. The monoisotopic (exact) mass is 307 g/mol. The van der Waals surface area contributed by atoms with Gasteiger partial charge in [-0.1, -0.05) is 48.8 Å². The van der Waals surface area contributed by atoms with Crippen LogP contribution in [0.3, 0.4) is 0 Å². The molecule has 2 unspecified atom stereocenters. The van der Waals surface area contributed by atoms with Gasteiger partial charge in [0.1, 0.15) is 0 Å². The Labute approximate surface area is 130 Å². The third-order valence-electron chi connectivity index (χ3n) is 3.68. The number of rotatable bonds is 7. The van der Waals surface area contributed by atoms with Crippen molar-refractivity contribution in [3.8, 4) is 0 Å². The van der Waals surface area contributed by atoms with Crippen molar-refractivity contribution >= 4 is 11.6 Å². The first kappa shape index (κ1) is 16.0. The first-order valence-corrected chi connectivity index (χ1v) is 7.82. The van der Waals surface area contributed by atoms with Crippen LogP contribution >= 0.6 is 11.6 Å². The van der Waals surface area contributed by atoms with Crippen LogP contribution in [-0.4, -0.2) is 22.7 Å². The Hall–Kier alpha value is -1.39. The number of nitrogens with zero attached hydrogens (tertiary/aromatic N) is 2. The van der Waals surface area contributed by atoms with E-state index in [4.69, 9.17) is 16.1 Å². The summed E-state index contributed by atoms with van der Waals surface area (Å²) in [5.74, 6) is 1.62. The molecular weight excluding hydrogens is 286 g/mol. The van der Waals surface area contributed by atoms with Gasteiger partial charge in [-0.3, -0.25) is 0 Å². The predicted octanol–water partition coefficient (Wildman–Crippen LogP) is 3.81. The van der Waals surface area contributed by atoms with Crippen molar-refractivity contribution in [2.75, 3.05) is 6.54 Å². The highest BCUT2D eigenvalue weighted by Crippen LogP contribution is 2.23. The summed E-state index contributed by atoms with van der Waals surface area (Å²) in [4.78, 5) is 4.54. The van der Waals surface area contributed by atoms with E-state index in [1.54, 1.807) is 0 Å². The first-order valence-electron chi connectivity index (χ1n) is 7.45. The maximum atomic E-state index is 6.17. The first-order chi connectivity index (χ1) is 10.2. The average Bonchev–Trinajstić information content (AvgIpc) is 2.91. The number of benzene rings is 1. The third kappa shape index (κ3) is 4.05. The van der Waals surface area contributed by atoms with Crippen molar-refractivity contribution in [2.24, 2.45) is 0 Å². The van der Waals surface area contributed by atoms with E-state index < -0.39 is 0 Å². The highest BCUT2D eigenvalue weighted by atomic mass is 35.5. The molecule has 0 saturated heterocycles. The van der Waals surface area contributed by atoms with Gasteiger partial charge in [-0.05, 0) is 31.5 Å². The summed E-state index contributed by atoms with van der Waals surface area (Å²) in [7, 11) is 0. The zero-order valence-electron chi connectivity index (χ0n) is 12.8. The number of aromatic nitrogens is 2. The summed E-state index contributed by atoms with van der Waals surface area (Å²) in [6.07, 6.45) is 1.55. The standard InChI is InChI=1S/C16H22ClN3O/c1-4-13(11(3)18-5-2)16-19-15(20-21-16)10-12-8-6-7-9-14(12)17/h6-9,11,13,18H,4-5,10H2,1-3H3. The third-order valence-corrected chi connectivity index (χ3v) is 4.05. The van der Waals surface area contributed by atoms with Crippen LogP contribution in [0, 0.1) is 0 Å². The van der Waals surface area contributed by atoms with Gasteiger partial charge >= 0.3 is 0 Å². The highest BCUT2D eigenvalue weighted by Gasteiger charge is 2.23. The van der Waals surface area contributed by atoms with E-state index in [1.165, 1.54) is 0 Å². The Bertz CT molecular complexity index is 570. The fourth-order valence-corrected chi connectivity index (χ4v) is 2.71. The molecule has 0 amide bonds. The quantitative estimate of drug-likeness (QED) is 0.845. The average molecular weight is 308 g/mol. The normalized spacial score (nSPS) is 14.1. The number of nitrogens with one attached hydrogen (secondary N) is 1. The van der Waals surface area contributed by atoms with Crippen LogP contribution in [-0.2, 0) is 6.42 Å². The molecule has 1 heterocycles. The van der Waals surface area contributed by atoms with E-state index in [2.05, 4.69) is 36.2 Å². The summed E-state index contributed by atoms with van der Waals surface area (Å²) in [5.41, 5.74) is 1.01. The molecule has 1 aromatic carbocycles. The Kier molecular flexibility index (Phi) is 5.76. The van der Waals surface area contributed by atoms with E-state index in [0.717, 1.165) is 23.6 Å². The summed E-state index contributed by atoms with van der Waals surface area (Å²) < 4.78 is 5.45. The predicted molar refractivity (Wildman–Crippen MR) is 84.7 cm³/mol. The topological polar surface area (TPSA) is 51.0 Å². The fourth-order valence-electron chi connectivity index (χ4n) is 2.51. The minimum absolute atomic E-state index is 0.234. The molecule has 2 rings (SSSR count). The van der Waals surface area contributed by atoms with E-state index >= 15 is 0 Å². The molecular formula is C16H22ClN3O. The fraction of sp³-hybridized carbons (Fsp3) is 0.500. The lowest BCUT2D eigenvalue weighted by molar-refractivity contribution is 0.316. The Morgan fingerprint density at radius 3 is 2.71 bits per heavy atom. The summed E-state index contributed by atoms with van der Waals surface area (Å²) in [6, 6.07) is 8.05. The van der Waals surface area contributed by atoms with Crippen LogP contribution in [0.1, 0.15) is 50.4 Å². The van der Waals surface area contributed by atoms with Gasteiger partial charge in [0.15, 0.2) is 5.82 Å². The maximum absolute atomic E-state index is 6.17.